The molecule has 0 aliphatic heterocycles. The molecule has 0 aromatic carbocycles. The monoisotopic (exact) mass is 219 g/mol. The fraction of sp³-hybridized carbons (Fsp3) is 0.625. The molecule has 0 heterocycles. The second kappa shape index (κ2) is 5.84. The quantitative estimate of drug-likeness (QED) is 0.602. The Morgan fingerprint density at radius 3 is 2.13 bits per heavy atom. The van der Waals surface area contributed by atoms with Gasteiger partial charge in [0.15, 0.2) is 0 Å². The fourth-order valence-electron chi connectivity index (χ4n) is 0.765. The van der Waals surface area contributed by atoms with Crippen LogP contribution in [0.4, 0.5) is 4.79 Å². The van der Waals surface area contributed by atoms with E-state index in [0.29, 0.717) is 0 Å². The molecule has 0 radical (unpaired) electrons. The Labute approximate surface area is 86.0 Å². The Hall–Kier alpha value is -1.79. The molecule has 1 amide bonds. The van der Waals surface area contributed by atoms with Crippen LogP contribution in [0.1, 0.15) is 20.3 Å². The molecule has 0 aliphatic carbocycles. The molecule has 0 saturated heterocycles. The molecule has 0 aromatic rings. The number of hydrogen-bond acceptors (Lipinski definition) is 4. The summed E-state index contributed by atoms with van der Waals surface area (Å²) in [7, 11) is 0. The van der Waals surface area contributed by atoms with Gasteiger partial charge in [0.2, 0.25) is 0 Å². The SMILES string of the molecule is CC(C)OC(=O)N[C@@H](CC(=O)O)C(=O)O. The van der Waals surface area contributed by atoms with E-state index in [2.05, 4.69) is 4.74 Å². The predicted octanol–water partition coefficient (Wildman–Crippen LogP) is 0.0489. The van der Waals surface area contributed by atoms with Crippen molar-refractivity contribution in [1.82, 2.24) is 5.32 Å². The van der Waals surface area contributed by atoms with Gasteiger partial charge in [0.05, 0.1) is 12.5 Å². The first kappa shape index (κ1) is 13.2. The second-order valence-corrected chi connectivity index (χ2v) is 3.09. The summed E-state index contributed by atoms with van der Waals surface area (Å²) in [6.45, 7) is 3.18. The first-order valence-corrected chi connectivity index (χ1v) is 4.24. The van der Waals surface area contributed by atoms with Crippen molar-refractivity contribution in [1.29, 1.82) is 0 Å². The van der Waals surface area contributed by atoms with Crippen LogP contribution in [-0.2, 0) is 14.3 Å². The number of nitrogens with one attached hydrogen (secondary N) is 1. The van der Waals surface area contributed by atoms with Crippen LogP contribution in [0.5, 0.6) is 0 Å². The fourth-order valence-corrected chi connectivity index (χ4v) is 0.765. The predicted molar refractivity (Wildman–Crippen MR) is 48.4 cm³/mol. The lowest BCUT2D eigenvalue weighted by Gasteiger charge is -2.13. The molecular weight excluding hydrogens is 206 g/mol. The first-order chi connectivity index (χ1) is 6.82. The number of carboxylic acid groups (broad SMARTS) is 2. The van der Waals surface area contributed by atoms with Crippen LogP contribution in [-0.4, -0.2) is 40.4 Å². The highest BCUT2D eigenvalue weighted by atomic mass is 16.6. The van der Waals surface area contributed by atoms with Gasteiger partial charge in [-0.15, -0.1) is 0 Å². The lowest BCUT2D eigenvalue weighted by molar-refractivity contribution is -0.145. The van der Waals surface area contributed by atoms with Gasteiger partial charge >= 0.3 is 18.0 Å². The van der Waals surface area contributed by atoms with Crippen LogP contribution >= 0.6 is 0 Å². The number of hydrogen-bond donors (Lipinski definition) is 3. The van der Waals surface area contributed by atoms with E-state index in [1.807, 2.05) is 5.32 Å². The maximum absolute atomic E-state index is 11.0. The van der Waals surface area contributed by atoms with E-state index < -0.39 is 36.6 Å². The highest BCUT2D eigenvalue weighted by molar-refractivity contribution is 5.84. The van der Waals surface area contributed by atoms with Crippen molar-refractivity contribution < 1.29 is 29.3 Å². The number of aliphatic carboxylic acids is 2. The van der Waals surface area contributed by atoms with E-state index >= 15 is 0 Å². The van der Waals surface area contributed by atoms with Crippen LogP contribution in [0, 0.1) is 0 Å². The summed E-state index contributed by atoms with van der Waals surface area (Å²) in [5.74, 6) is -2.73. The lowest BCUT2D eigenvalue weighted by atomic mass is 10.2. The minimum atomic E-state index is -1.48. The van der Waals surface area contributed by atoms with Crippen molar-refractivity contribution in [2.75, 3.05) is 0 Å². The van der Waals surface area contributed by atoms with Gasteiger partial charge in [-0.1, -0.05) is 0 Å². The second-order valence-electron chi connectivity index (χ2n) is 3.09. The van der Waals surface area contributed by atoms with Gasteiger partial charge in [0.1, 0.15) is 6.04 Å². The lowest BCUT2D eigenvalue weighted by Crippen LogP contribution is -2.43. The third-order valence-electron chi connectivity index (χ3n) is 1.31. The van der Waals surface area contributed by atoms with Gasteiger partial charge in [-0.3, -0.25) is 4.79 Å². The summed E-state index contributed by atoms with van der Waals surface area (Å²) in [6.07, 6.45) is -2.04. The molecule has 1 atom stereocenters. The first-order valence-electron chi connectivity index (χ1n) is 4.24. The van der Waals surface area contributed by atoms with Crippen molar-refractivity contribution >= 4 is 18.0 Å². The van der Waals surface area contributed by atoms with Crippen LogP contribution in [0.2, 0.25) is 0 Å². The minimum Gasteiger partial charge on any atom is -0.481 e. The number of carboxylic acids is 2. The van der Waals surface area contributed by atoms with Gasteiger partial charge in [-0.2, -0.15) is 0 Å². The molecular formula is C8H13NO6. The number of amides is 1. The molecule has 0 aromatic heterocycles. The summed E-state index contributed by atoms with van der Waals surface area (Å²) in [6, 6.07) is -1.48. The van der Waals surface area contributed by atoms with Crippen molar-refractivity contribution in [2.45, 2.75) is 32.4 Å². The highest BCUT2D eigenvalue weighted by Gasteiger charge is 2.23. The van der Waals surface area contributed by atoms with Crippen LogP contribution < -0.4 is 5.32 Å². The molecule has 0 unspecified atom stereocenters. The van der Waals surface area contributed by atoms with E-state index in [-0.39, 0.29) is 0 Å². The number of carbonyl (C=O) groups is 3. The minimum absolute atomic E-state index is 0.399. The molecule has 0 rings (SSSR count). The zero-order valence-electron chi connectivity index (χ0n) is 8.39. The van der Waals surface area contributed by atoms with E-state index in [0.717, 1.165) is 0 Å². The Balaban J connectivity index is 4.22. The largest absolute Gasteiger partial charge is 0.481 e. The number of alkyl carbamates (subject to hydrolysis) is 1. The van der Waals surface area contributed by atoms with Gasteiger partial charge < -0.3 is 20.3 Å². The zero-order valence-corrected chi connectivity index (χ0v) is 8.39. The topological polar surface area (TPSA) is 113 Å². The van der Waals surface area contributed by atoms with Crippen LogP contribution in [0.15, 0.2) is 0 Å². The van der Waals surface area contributed by atoms with Crippen molar-refractivity contribution in [3.63, 3.8) is 0 Å². The van der Waals surface area contributed by atoms with Gasteiger partial charge in [0, 0.05) is 0 Å². The molecule has 0 fully saturated rings. The number of carbonyl (C=O) groups excluding carboxylic acids is 1. The normalized spacial score (nSPS) is 11.9. The summed E-state index contributed by atoms with van der Waals surface area (Å²) < 4.78 is 4.61. The smallest absolute Gasteiger partial charge is 0.408 e. The average molecular weight is 219 g/mol. The maximum atomic E-state index is 11.0. The van der Waals surface area contributed by atoms with E-state index in [4.69, 9.17) is 10.2 Å². The molecule has 0 saturated carbocycles. The molecule has 3 N–H and O–H groups in total. The molecule has 0 spiro atoms. The third kappa shape index (κ3) is 6.30. The molecule has 86 valence electrons. The average Bonchev–Trinajstić information content (AvgIpc) is 1.99. The maximum Gasteiger partial charge on any atom is 0.408 e. The Morgan fingerprint density at radius 1 is 1.27 bits per heavy atom. The highest BCUT2D eigenvalue weighted by Crippen LogP contribution is 1.95. The summed E-state index contributed by atoms with van der Waals surface area (Å²) in [5.41, 5.74) is 0. The molecule has 15 heavy (non-hydrogen) atoms. The van der Waals surface area contributed by atoms with Crippen molar-refractivity contribution in [3.05, 3.63) is 0 Å². The van der Waals surface area contributed by atoms with Gasteiger partial charge in [0.25, 0.3) is 0 Å². The number of rotatable bonds is 5. The summed E-state index contributed by atoms with van der Waals surface area (Å²) in [4.78, 5) is 31.7. The standard InChI is InChI=1S/C8H13NO6/c1-4(2)15-8(14)9-5(7(12)13)3-6(10)11/h4-5H,3H2,1-2H3,(H,9,14)(H,10,11)(H,12,13)/t5-/m0/s1. The van der Waals surface area contributed by atoms with Crippen LogP contribution in [0.3, 0.4) is 0 Å². The summed E-state index contributed by atoms with van der Waals surface area (Å²) >= 11 is 0. The van der Waals surface area contributed by atoms with E-state index in [1.54, 1.807) is 13.8 Å². The number of ether oxygens (including phenoxy) is 1. The van der Waals surface area contributed by atoms with Crippen LogP contribution in [0.25, 0.3) is 0 Å². The molecule has 0 bridgehead atoms. The van der Waals surface area contributed by atoms with Gasteiger partial charge in [-0.05, 0) is 13.8 Å². The Morgan fingerprint density at radius 2 is 1.80 bits per heavy atom. The van der Waals surface area contributed by atoms with E-state index in [9.17, 15) is 14.4 Å². The Kier molecular flexibility index (Phi) is 5.14. The van der Waals surface area contributed by atoms with Crippen molar-refractivity contribution in [3.8, 4) is 0 Å². The van der Waals surface area contributed by atoms with Gasteiger partial charge in [-0.25, -0.2) is 9.59 Å². The molecule has 0 aliphatic rings. The molecule has 7 heteroatoms. The molecule has 7 nitrogen and oxygen atoms in total. The third-order valence-corrected chi connectivity index (χ3v) is 1.31. The Bertz CT molecular complexity index is 262. The van der Waals surface area contributed by atoms with Crippen molar-refractivity contribution in [2.24, 2.45) is 0 Å². The van der Waals surface area contributed by atoms with E-state index in [1.165, 1.54) is 0 Å². The zero-order chi connectivity index (χ0) is 12.0. The summed E-state index contributed by atoms with van der Waals surface area (Å²) in [5, 5.41) is 18.9.